The van der Waals surface area contributed by atoms with E-state index in [1.165, 1.54) is 0 Å². The molecule has 0 radical (unpaired) electrons. The molecule has 0 aliphatic carbocycles. The lowest BCUT2D eigenvalue weighted by Gasteiger charge is -2.22. The molecule has 0 amide bonds. The molecular formula is C18H19NO5. The molecule has 126 valence electrons. The van der Waals surface area contributed by atoms with E-state index in [1.54, 1.807) is 55.6 Å². The second-order valence-corrected chi connectivity index (χ2v) is 5.42. The topological polar surface area (TPSA) is 110 Å². The Kier molecular flexibility index (Phi) is 5.42. The smallest absolute Gasteiger partial charge is 0.317 e. The van der Waals surface area contributed by atoms with Crippen molar-refractivity contribution in [3.05, 3.63) is 59.7 Å². The largest absolute Gasteiger partial charge is 0.497 e. The zero-order valence-corrected chi connectivity index (χ0v) is 13.2. The molecule has 2 aromatic rings. The van der Waals surface area contributed by atoms with E-state index in [9.17, 15) is 19.8 Å². The monoisotopic (exact) mass is 329 g/mol. The number of hydrogen-bond acceptors (Lipinski definition) is 4. The van der Waals surface area contributed by atoms with Crippen LogP contribution in [0.15, 0.2) is 48.5 Å². The Morgan fingerprint density at radius 2 is 1.62 bits per heavy atom. The van der Waals surface area contributed by atoms with E-state index in [0.717, 1.165) is 5.56 Å². The van der Waals surface area contributed by atoms with Crippen LogP contribution in [0.3, 0.4) is 0 Å². The van der Waals surface area contributed by atoms with Gasteiger partial charge in [0.05, 0.1) is 7.11 Å². The average molecular weight is 329 g/mol. The molecule has 0 spiro atoms. The van der Waals surface area contributed by atoms with Crippen molar-refractivity contribution in [3.8, 4) is 5.75 Å². The number of carbonyl (C=O) groups is 2. The number of ether oxygens (including phenoxy) is 1. The van der Waals surface area contributed by atoms with Crippen LogP contribution in [0.25, 0.3) is 0 Å². The Morgan fingerprint density at radius 1 is 1.04 bits per heavy atom. The number of rotatable bonds is 7. The third kappa shape index (κ3) is 3.84. The highest BCUT2D eigenvalue weighted by Gasteiger charge is 2.31. The number of carboxylic acids is 2. The molecule has 4 N–H and O–H groups in total. The quantitative estimate of drug-likeness (QED) is 0.532. The highest BCUT2D eigenvalue weighted by atomic mass is 16.5. The molecular weight excluding hydrogens is 310 g/mol. The third-order valence-corrected chi connectivity index (χ3v) is 3.96. The van der Waals surface area contributed by atoms with Crippen molar-refractivity contribution >= 4 is 17.6 Å². The first-order valence-corrected chi connectivity index (χ1v) is 7.38. The second-order valence-electron chi connectivity index (χ2n) is 5.42. The lowest BCUT2D eigenvalue weighted by atomic mass is 9.83. The molecule has 0 aromatic heterocycles. The standard InChI is InChI=1S/C18H19NO5/c1-24-12-8-6-11(7-9-12)14(10-15(17(20)21)18(22)23)13-4-2-3-5-16(13)19/h2-9,14-15H,10,19H2,1H3,(H,20,21)(H,22,23). The van der Waals surface area contributed by atoms with Gasteiger partial charge in [0.2, 0.25) is 0 Å². The summed E-state index contributed by atoms with van der Waals surface area (Å²) in [5.41, 5.74) is 8.00. The van der Waals surface area contributed by atoms with E-state index in [4.69, 9.17) is 10.5 Å². The SMILES string of the molecule is COc1ccc(C(CC(C(=O)O)C(=O)O)c2ccccc2N)cc1. The van der Waals surface area contributed by atoms with Gasteiger partial charge in [-0.15, -0.1) is 0 Å². The van der Waals surface area contributed by atoms with Crippen molar-refractivity contribution in [2.75, 3.05) is 12.8 Å². The molecule has 6 nitrogen and oxygen atoms in total. The van der Waals surface area contributed by atoms with Crippen LogP contribution >= 0.6 is 0 Å². The number of hydrogen-bond donors (Lipinski definition) is 3. The summed E-state index contributed by atoms with van der Waals surface area (Å²) in [6.45, 7) is 0. The van der Waals surface area contributed by atoms with Crippen molar-refractivity contribution in [1.29, 1.82) is 0 Å². The number of aliphatic carboxylic acids is 2. The van der Waals surface area contributed by atoms with Gasteiger partial charge < -0.3 is 20.7 Å². The molecule has 0 saturated carbocycles. The Morgan fingerprint density at radius 3 is 2.12 bits per heavy atom. The summed E-state index contributed by atoms with van der Waals surface area (Å²) >= 11 is 0. The molecule has 0 saturated heterocycles. The molecule has 0 heterocycles. The van der Waals surface area contributed by atoms with Gasteiger partial charge in [0, 0.05) is 11.6 Å². The predicted molar refractivity (Wildman–Crippen MR) is 89.1 cm³/mol. The average Bonchev–Trinajstić information content (AvgIpc) is 2.56. The number of carboxylic acid groups (broad SMARTS) is 2. The summed E-state index contributed by atoms with van der Waals surface area (Å²) in [6, 6.07) is 14.1. The van der Waals surface area contributed by atoms with Gasteiger partial charge in [-0.1, -0.05) is 30.3 Å². The van der Waals surface area contributed by atoms with Gasteiger partial charge in [-0.2, -0.15) is 0 Å². The summed E-state index contributed by atoms with van der Waals surface area (Å²) in [7, 11) is 1.55. The fourth-order valence-corrected chi connectivity index (χ4v) is 2.65. The molecule has 1 atom stereocenters. The van der Waals surface area contributed by atoms with E-state index in [0.29, 0.717) is 17.0 Å². The molecule has 2 rings (SSSR count). The minimum Gasteiger partial charge on any atom is -0.497 e. The maximum atomic E-state index is 11.3. The van der Waals surface area contributed by atoms with Crippen LogP contribution in [-0.4, -0.2) is 29.3 Å². The van der Waals surface area contributed by atoms with Crippen molar-refractivity contribution in [3.63, 3.8) is 0 Å². The van der Waals surface area contributed by atoms with E-state index in [-0.39, 0.29) is 6.42 Å². The highest BCUT2D eigenvalue weighted by molar-refractivity contribution is 5.93. The van der Waals surface area contributed by atoms with Crippen LogP contribution in [-0.2, 0) is 9.59 Å². The Bertz CT molecular complexity index is 712. The molecule has 24 heavy (non-hydrogen) atoms. The van der Waals surface area contributed by atoms with Crippen molar-refractivity contribution < 1.29 is 24.5 Å². The zero-order chi connectivity index (χ0) is 17.7. The summed E-state index contributed by atoms with van der Waals surface area (Å²) < 4.78 is 5.12. The number of benzene rings is 2. The molecule has 0 aliphatic rings. The van der Waals surface area contributed by atoms with Gasteiger partial charge >= 0.3 is 11.9 Å². The van der Waals surface area contributed by atoms with Crippen LogP contribution in [0.2, 0.25) is 0 Å². The second kappa shape index (κ2) is 7.50. The molecule has 6 heteroatoms. The predicted octanol–water partition coefficient (Wildman–Crippen LogP) is 2.58. The zero-order valence-electron chi connectivity index (χ0n) is 13.2. The maximum absolute atomic E-state index is 11.3. The van der Waals surface area contributed by atoms with Crippen LogP contribution in [0.1, 0.15) is 23.5 Å². The van der Waals surface area contributed by atoms with Gasteiger partial charge in [0.15, 0.2) is 5.92 Å². The van der Waals surface area contributed by atoms with Gasteiger partial charge in [0.1, 0.15) is 5.75 Å². The van der Waals surface area contributed by atoms with Crippen molar-refractivity contribution in [1.82, 2.24) is 0 Å². The maximum Gasteiger partial charge on any atom is 0.317 e. The number of para-hydroxylation sites is 1. The number of nitrogen functional groups attached to an aromatic ring is 1. The first-order valence-electron chi connectivity index (χ1n) is 7.38. The van der Waals surface area contributed by atoms with Crippen molar-refractivity contribution in [2.24, 2.45) is 5.92 Å². The van der Waals surface area contributed by atoms with Gasteiger partial charge in [-0.05, 0) is 35.7 Å². The van der Waals surface area contributed by atoms with Gasteiger partial charge in [-0.25, -0.2) is 0 Å². The molecule has 0 fully saturated rings. The molecule has 0 bridgehead atoms. The number of anilines is 1. The fraction of sp³-hybridized carbons (Fsp3) is 0.222. The molecule has 1 unspecified atom stereocenters. The van der Waals surface area contributed by atoms with E-state index in [1.807, 2.05) is 0 Å². The normalized spacial score (nSPS) is 11.9. The third-order valence-electron chi connectivity index (χ3n) is 3.96. The van der Waals surface area contributed by atoms with E-state index < -0.39 is 23.8 Å². The van der Waals surface area contributed by atoms with E-state index >= 15 is 0 Å². The van der Waals surface area contributed by atoms with E-state index in [2.05, 4.69) is 0 Å². The van der Waals surface area contributed by atoms with Crippen LogP contribution < -0.4 is 10.5 Å². The number of nitrogens with two attached hydrogens (primary N) is 1. The highest BCUT2D eigenvalue weighted by Crippen LogP contribution is 2.35. The Hall–Kier alpha value is -3.02. The Balaban J connectivity index is 2.46. The van der Waals surface area contributed by atoms with Gasteiger partial charge in [-0.3, -0.25) is 9.59 Å². The minimum atomic E-state index is -1.52. The fourth-order valence-electron chi connectivity index (χ4n) is 2.65. The summed E-state index contributed by atoms with van der Waals surface area (Å²) in [5, 5.41) is 18.4. The first kappa shape index (κ1) is 17.3. The Labute approximate surface area is 139 Å². The lowest BCUT2D eigenvalue weighted by Crippen LogP contribution is -2.26. The van der Waals surface area contributed by atoms with Crippen LogP contribution in [0.5, 0.6) is 5.75 Å². The minimum absolute atomic E-state index is 0.0921. The van der Waals surface area contributed by atoms with Crippen LogP contribution in [0.4, 0.5) is 5.69 Å². The first-order chi connectivity index (χ1) is 11.4. The van der Waals surface area contributed by atoms with Crippen LogP contribution in [0, 0.1) is 5.92 Å². The number of methoxy groups -OCH3 is 1. The molecule has 0 aliphatic heterocycles. The summed E-state index contributed by atoms with van der Waals surface area (Å²) in [6.07, 6.45) is -0.0921. The lowest BCUT2D eigenvalue weighted by molar-refractivity contribution is -0.154. The molecule has 2 aromatic carbocycles. The van der Waals surface area contributed by atoms with Crippen molar-refractivity contribution in [2.45, 2.75) is 12.3 Å². The summed E-state index contributed by atoms with van der Waals surface area (Å²) in [4.78, 5) is 22.6. The van der Waals surface area contributed by atoms with Gasteiger partial charge in [0.25, 0.3) is 0 Å². The summed E-state index contributed by atoms with van der Waals surface area (Å²) in [5.74, 6) is -4.04.